The fourth-order valence-corrected chi connectivity index (χ4v) is 5.73. The first kappa shape index (κ1) is 37.3. The average molecular weight is 727 g/mol. The first-order valence-corrected chi connectivity index (χ1v) is 15.6. The highest BCUT2D eigenvalue weighted by atomic mass is 16.7. The molecule has 18 nitrogen and oxygen atoms in total. The Morgan fingerprint density at radius 3 is 2.42 bits per heavy atom. The van der Waals surface area contributed by atoms with Gasteiger partial charge in [-0.15, -0.1) is 0 Å². The Kier molecular flexibility index (Phi) is 11.1. The van der Waals surface area contributed by atoms with Crippen molar-refractivity contribution in [2.75, 3.05) is 13.7 Å². The molecule has 1 fully saturated rings. The van der Waals surface area contributed by atoms with E-state index in [1.807, 2.05) is 0 Å². The lowest BCUT2D eigenvalue weighted by Crippen LogP contribution is -2.60. The van der Waals surface area contributed by atoms with E-state index in [0.29, 0.717) is 11.1 Å². The second-order valence-corrected chi connectivity index (χ2v) is 11.9. The Morgan fingerprint density at radius 1 is 1.00 bits per heavy atom. The third kappa shape index (κ3) is 8.16. The molecule has 0 aromatic heterocycles. The first-order chi connectivity index (χ1) is 24.7. The topological polar surface area (TPSA) is 285 Å². The lowest BCUT2D eigenvalue weighted by atomic mass is 9.99. The van der Waals surface area contributed by atoms with Crippen LogP contribution >= 0.6 is 0 Å². The van der Waals surface area contributed by atoms with Gasteiger partial charge in [-0.05, 0) is 35.4 Å². The largest absolute Gasteiger partial charge is 0.870 e. The zero-order valence-electron chi connectivity index (χ0n) is 27.2. The molecule has 0 unspecified atom stereocenters. The maximum Gasteiger partial charge on any atom is 0.373 e. The third-order valence-electron chi connectivity index (χ3n) is 8.45. The molecule has 8 N–H and O–H groups in total. The van der Waals surface area contributed by atoms with Crippen molar-refractivity contribution in [2.45, 2.75) is 55.6 Å². The molecular formula is C34H34N2O16. The number of hydrogen-bond donors (Lipinski definition) is 8. The summed E-state index contributed by atoms with van der Waals surface area (Å²) in [7, 11) is 1.32. The molecule has 0 saturated carbocycles. The van der Waals surface area contributed by atoms with Gasteiger partial charge in [-0.25, -0.2) is 19.2 Å². The van der Waals surface area contributed by atoms with Crippen LogP contribution in [0.5, 0.6) is 23.0 Å². The zero-order chi connectivity index (χ0) is 37.9. The van der Waals surface area contributed by atoms with Crippen molar-refractivity contribution in [2.24, 2.45) is 0 Å². The second kappa shape index (κ2) is 15.5. The number of esters is 1. The van der Waals surface area contributed by atoms with Crippen LogP contribution in [0.3, 0.4) is 0 Å². The number of ether oxygens (including phenoxy) is 4. The van der Waals surface area contributed by atoms with Crippen LogP contribution in [0, 0.1) is 0 Å². The quantitative estimate of drug-likeness (QED) is 0.0781. The summed E-state index contributed by atoms with van der Waals surface area (Å²) in [6, 6.07) is 4.15. The smallest absolute Gasteiger partial charge is 0.373 e. The number of aliphatic carboxylic acids is 3. The summed E-state index contributed by atoms with van der Waals surface area (Å²) in [5, 5.41) is 85.3. The molecular weight excluding hydrogens is 692 g/mol. The lowest BCUT2D eigenvalue weighted by molar-refractivity contribution is -0.456. The molecule has 0 aliphatic carbocycles. The van der Waals surface area contributed by atoms with E-state index < -0.39 is 79.0 Å². The predicted octanol–water partition coefficient (Wildman–Crippen LogP) is -1.02. The number of aliphatic hydroxyl groups is 3. The van der Waals surface area contributed by atoms with E-state index in [1.165, 1.54) is 66.5 Å². The van der Waals surface area contributed by atoms with Gasteiger partial charge in [-0.3, -0.25) is 0 Å². The molecule has 52 heavy (non-hydrogen) atoms. The molecule has 1 saturated heterocycles. The van der Waals surface area contributed by atoms with Crippen molar-refractivity contribution >= 4 is 41.9 Å². The molecule has 276 valence electrons. The van der Waals surface area contributed by atoms with Crippen LogP contribution in [0.2, 0.25) is 0 Å². The Morgan fingerprint density at radius 2 is 1.75 bits per heavy atom. The number of methoxy groups -OCH3 is 1. The highest BCUT2D eigenvalue weighted by Gasteiger charge is 2.46. The third-order valence-corrected chi connectivity index (χ3v) is 8.45. The molecule has 5 rings (SSSR count). The Hall–Kier alpha value is -5.95. The molecule has 0 bridgehead atoms. The number of carboxylic acids is 3. The molecule has 3 aliphatic heterocycles. The van der Waals surface area contributed by atoms with E-state index in [-0.39, 0.29) is 47.0 Å². The maximum atomic E-state index is 12.4. The standard InChI is InChI=1S/C34H34N2O16/c1-49-24-10-15(2-4-22(24)37)3-5-27(39)50-14-26-28(40)29(41)30(42)34(52-26)51-25-12-17-11-21(33(47)48)36(20(17)13-23(25)38)7-6-16-8-18(31(43)44)35-19(9-16)32(45)46/h2-8,10,12-13,19,21,26,28-30,34,40-42H,9,11,14H2,1H3,(H5,37,38,39,43,44,45,46,47,48)/t19-,21-,26+,28+,29-,30+,34+/m0/s1. The van der Waals surface area contributed by atoms with Crippen molar-refractivity contribution in [3.8, 4) is 23.0 Å². The van der Waals surface area contributed by atoms with Crippen LogP contribution in [-0.2, 0) is 35.1 Å². The SMILES string of the molecule is COc1cc(/C=C/C(=O)OC[C@H]2O[C@@H](Oc3cc4c(cc3O)[N+](=C/C=C3/C=C(C(=O)O)N[C@H](C(=O)O)C3)[C@H](C(=O)O)C4)[C@H](O)[C@@H](O)[C@@H]2O)ccc1[O-]. The van der Waals surface area contributed by atoms with E-state index in [0.717, 1.165) is 6.08 Å². The van der Waals surface area contributed by atoms with Crippen molar-refractivity contribution in [3.05, 3.63) is 71.0 Å². The van der Waals surface area contributed by atoms with Crippen molar-refractivity contribution < 1.29 is 83.6 Å². The summed E-state index contributed by atoms with van der Waals surface area (Å²) in [5.41, 5.74) is 0.957. The number of hydrogen-bond acceptors (Lipinski definition) is 14. The number of aliphatic hydroxyl groups excluding tert-OH is 3. The molecule has 0 spiro atoms. The van der Waals surface area contributed by atoms with E-state index in [1.54, 1.807) is 0 Å². The summed E-state index contributed by atoms with van der Waals surface area (Å²) in [6.07, 6.45) is -2.42. The van der Waals surface area contributed by atoms with E-state index in [9.17, 15) is 60.0 Å². The van der Waals surface area contributed by atoms with Crippen LogP contribution in [-0.4, -0.2) is 127 Å². The minimum absolute atomic E-state index is 0.0670. The van der Waals surface area contributed by atoms with Crippen LogP contribution in [0.25, 0.3) is 6.08 Å². The number of carbonyl (C=O) groups excluding carboxylic acids is 1. The number of benzene rings is 2. The van der Waals surface area contributed by atoms with Crippen LogP contribution in [0.1, 0.15) is 17.5 Å². The number of carbonyl (C=O) groups is 4. The maximum absolute atomic E-state index is 12.4. The Balaban J connectivity index is 1.31. The van der Waals surface area contributed by atoms with E-state index >= 15 is 0 Å². The minimum atomic E-state index is -1.85. The highest BCUT2D eigenvalue weighted by molar-refractivity contribution is 5.90. The van der Waals surface area contributed by atoms with Crippen molar-refractivity contribution in [3.63, 3.8) is 0 Å². The number of allylic oxidation sites excluding steroid dienone is 2. The Bertz CT molecular complexity index is 1880. The first-order valence-electron chi connectivity index (χ1n) is 15.6. The molecule has 0 amide bonds. The molecule has 2 aromatic rings. The number of aromatic hydroxyl groups is 1. The van der Waals surface area contributed by atoms with Gasteiger partial charge >= 0.3 is 23.9 Å². The molecule has 18 heteroatoms. The van der Waals surface area contributed by atoms with Gasteiger partial charge in [0.2, 0.25) is 12.0 Å². The fraction of sp³-hybridized carbons (Fsp3) is 0.324. The van der Waals surface area contributed by atoms with Gasteiger partial charge in [-0.2, -0.15) is 4.58 Å². The number of phenols is 1. The summed E-state index contributed by atoms with van der Waals surface area (Å²) >= 11 is 0. The molecule has 7 atom stereocenters. The van der Waals surface area contributed by atoms with Gasteiger partial charge < -0.3 is 65.1 Å². The van der Waals surface area contributed by atoms with E-state index in [4.69, 9.17) is 18.9 Å². The lowest BCUT2D eigenvalue weighted by Gasteiger charge is -2.39. The number of nitrogens with one attached hydrogen (secondary N) is 1. The molecule has 0 radical (unpaired) electrons. The van der Waals surface area contributed by atoms with Crippen molar-refractivity contribution in [1.29, 1.82) is 0 Å². The fourth-order valence-electron chi connectivity index (χ4n) is 5.73. The highest BCUT2D eigenvalue weighted by Crippen LogP contribution is 2.40. The zero-order valence-corrected chi connectivity index (χ0v) is 27.2. The number of carboxylic acid groups (broad SMARTS) is 3. The minimum Gasteiger partial charge on any atom is -0.870 e. The number of phenolic OH excluding ortho intramolecular Hbond substituents is 1. The number of nitrogens with zero attached hydrogens (tertiary/aromatic N) is 1. The summed E-state index contributed by atoms with van der Waals surface area (Å²) in [6.45, 7) is -0.597. The van der Waals surface area contributed by atoms with Crippen LogP contribution < -0.4 is 19.9 Å². The van der Waals surface area contributed by atoms with Crippen molar-refractivity contribution in [1.82, 2.24) is 5.32 Å². The summed E-state index contributed by atoms with van der Waals surface area (Å²) in [5.74, 6) is -5.90. The Labute approximate surface area is 294 Å². The number of fused-ring (bicyclic) bond motifs is 1. The van der Waals surface area contributed by atoms with Gasteiger partial charge in [0.1, 0.15) is 48.5 Å². The molecule has 2 aromatic carbocycles. The van der Waals surface area contributed by atoms with Gasteiger partial charge in [0.15, 0.2) is 17.7 Å². The number of rotatable bonds is 11. The summed E-state index contributed by atoms with van der Waals surface area (Å²) < 4.78 is 22.6. The molecule has 3 aliphatic rings. The normalized spacial score (nSPS) is 27.1. The average Bonchev–Trinajstić information content (AvgIpc) is 3.47. The monoisotopic (exact) mass is 726 g/mol. The van der Waals surface area contributed by atoms with E-state index in [2.05, 4.69) is 5.32 Å². The summed E-state index contributed by atoms with van der Waals surface area (Å²) in [4.78, 5) is 47.6. The van der Waals surface area contributed by atoms with Gasteiger partial charge in [0, 0.05) is 24.1 Å². The van der Waals surface area contributed by atoms with Crippen LogP contribution in [0.4, 0.5) is 5.69 Å². The molecule has 3 heterocycles. The van der Waals surface area contributed by atoms with Gasteiger partial charge in [0.25, 0.3) is 6.04 Å². The predicted molar refractivity (Wildman–Crippen MR) is 172 cm³/mol. The second-order valence-electron chi connectivity index (χ2n) is 11.9. The van der Waals surface area contributed by atoms with Gasteiger partial charge in [0.05, 0.1) is 19.6 Å². The van der Waals surface area contributed by atoms with Gasteiger partial charge in [-0.1, -0.05) is 17.9 Å². The van der Waals surface area contributed by atoms with Crippen LogP contribution in [0.15, 0.2) is 59.8 Å².